The van der Waals surface area contributed by atoms with Crippen LogP contribution in [0.1, 0.15) is 50.4 Å². The van der Waals surface area contributed by atoms with Crippen LogP contribution in [-0.4, -0.2) is 25.1 Å². The number of nitrogens with one attached hydrogen (secondary N) is 1. The molecule has 0 radical (unpaired) electrons. The lowest BCUT2D eigenvalue weighted by molar-refractivity contribution is 0.395. The number of hydrogen-bond acceptors (Lipinski definition) is 4. The molecule has 1 aliphatic heterocycles. The molecule has 0 saturated carbocycles. The highest BCUT2D eigenvalue weighted by molar-refractivity contribution is 7.08. The van der Waals surface area contributed by atoms with Gasteiger partial charge in [0, 0.05) is 18.2 Å². The fourth-order valence-corrected chi connectivity index (χ4v) is 4.57. The Kier molecular flexibility index (Phi) is 5.02. The zero-order valence-electron chi connectivity index (χ0n) is 14.4. The van der Waals surface area contributed by atoms with Crippen molar-refractivity contribution in [2.75, 3.05) is 25.0 Å². The number of aromatic nitrogens is 1. The summed E-state index contributed by atoms with van der Waals surface area (Å²) >= 11 is 1.79. The highest BCUT2D eigenvalue weighted by Gasteiger charge is 2.43. The van der Waals surface area contributed by atoms with Crippen molar-refractivity contribution in [2.45, 2.75) is 44.6 Å². The second-order valence-corrected chi connectivity index (χ2v) is 7.23. The first-order valence-corrected chi connectivity index (χ1v) is 9.59. The van der Waals surface area contributed by atoms with Gasteiger partial charge in [0.15, 0.2) is 0 Å². The van der Waals surface area contributed by atoms with Gasteiger partial charge in [-0.3, -0.25) is 4.98 Å². The molecular weight excluding hydrogens is 302 g/mol. The number of rotatable bonds is 7. The molecule has 0 fully saturated rings. The van der Waals surface area contributed by atoms with Crippen LogP contribution in [0.25, 0.3) is 0 Å². The van der Waals surface area contributed by atoms with Crippen LogP contribution in [0.15, 0.2) is 35.2 Å². The summed E-state index contributed by atoms with van der Waals surface area (Å²) in [6.45, 7) is 6.71. The van der Waals surface area contributed by atoms with Crippen LogP contribution in [0.5, 0.6) is 0 Å². The van der Waals surface area contributed by atoms with E-state index in [1.165, 1.54) is 16.9 Å². The molecule has 2 aromatic rings. The minimum Gasteiger partial charge on any atom is -0.362 e. The van der Waals surface area contributed by atoms with E-state index < -0.39 is 0 Å². The van der Waals surface area contributed by atoms with Crippen molar-refractivity contribution < 1.29 is 0 Å². The van der Waals surface area contributed by atoms with Gasteiger partial charge >= 0.3 is 0 Å². The van der Waals surface area contributed by atoms with Gasteiger partial charge in [0.05, 0.1) is 17.4 Å². The second-order valence-electron chi connectivity index (χ2n) is 6.45. The molecule has 1 atom stereocenters. The number of thiophene rings is 1. The van der Waals surface area contributed by atoms with Crippen LogP contribution in [0.3, 0.4) is 0 Å². The third-order valence-electron chi connectivity index (χ3n) is 5.40. The molecule has 0 aliphatic carbocycles. The van der Waals surface area contributed by atoms with E-state index in [4.69, 9.17) is 4.98 Å². The van der Waals surface area contributed by atoms with Crippen molar-refractivity contribution >= 4 is 17.0 Å². The smallest absolute Gasteiger partial charge is 0.0715 e. The van der Waals surface area contributed by atoms with Crippen molar-refractivity contribution in [2.24, 2.45) is 0 Å². The Labute approximate surface area is 143 Å². The largest absolute Gasteiger partial charge is 0.362 e. The Morgan fingerprint density at radius 3 is 2.83 bits per heavy atom. The maximum atomic E-state index is 4.79. The summed E-state index contributed by atoms with van der Waals surface area (Å²) < 4.78 is 0. The minimum atomic E-state index is 0.199. The molecule has 3 heterocycles. The third-order valence-corrected chi connectivity index (χ3v) is 6.10. The second kappa shape index (κ2) is 7.02. The van der Waals surface area contributed by atoms with Crippen LogP contribution in [0.2, 0.25) is 0 Å². The van der Waals surface area contributed by atoms with E-state index in [-0.39, 0.29) is 5.41 Å². The summed E-state index contributed by atoms with van der Waals surface area (Å²) in [5, 5.41) is 7.81. The predicted octanol–water partition coefficient (Wildman–Crippen LogP) is 4.37. The molecule has 2 aromatic heterocycles. The Balaban J connectivity index is 2.01. The molecule has 0 saturated heterocycles. The van der Waals surface area contributed by atoms with Gasteiger partial charge in [-0.05, 0) is 67.4 Å². The highest BCUT2D eigenvalue weighted by Crippen LogP contribution is 2.47. The minimum absolute atomic E-state index is 0.199. The van der Waals surface area contributed by atoms with Crippen molar-refractivity contribution in [3.8, 4) is 0 Å². The van der Waals surface area contributed by atoms with Crippen molar-refractivity contribution in [1.82, 2.24) is 10.3 Å². The van der Waals surface area contributed by atoms with Gasteiger partial charge in [-0.1, -0.05) is 13.8 Å². The molecule has 23 heavy (non-hydrogen) atoms. The number of pyridine rings is 1. The molecule has 0 aromatic carbocycles. The maximum absolute atomic E-state index is 4.79. The number of nitrogens with zero attached hydrogens (tertiary/aromatic N) is 2. The third kappa shape index (κ3) is 2.90. The number of fused-ring (bicyclic) bond motifs is 1. The summed E-state index contributed by atoms with van der Waals surface area (Å²) in [4.78, 5) is 7.40. The summed E-state index contributed by atoms with van der Waals surface area (Å²) in [6.07, 6.45) is 5.36. The van der Waals surface area contributed by atoms with Crippen molar-refractivity contribution in [1.29, 1.82) is 0 Å². The summed E-state index contributed by atoms with van der Waals surface area (Å²) in [5.41, 5.74) is 4.27. The van der Waals surface area contributed by atoms with Crippen LogP contribution in [0, 0.1) is 0 Å². The fraction of sp³-hybridized carbons (Fsp3) is 0.526. The Bertz CT molecular complexity index is 619. The molecule has 1 aliphatic rings. The maximum Gasteiger partial charge on any atom is 0.0715 e. The lowest BCUT2D eigenvalue weighted by Gasteiger charge is -2.33. The lowest BCUT2D eigenvalue weighted by atomic mass is 9.80. The van der Waals surface area contributed by atoms with E-state index in [1.807, 2.05) is 13.2 Å². The molecular formula is C19H27N3S. The molecule has 0 bridgehead atoms. The first-order chi connectivity index (χ1) is 11.3. The molecule has 0 amide bonds. The Hall–Kier alpha value is -1.39. The van der Waals surface area contributed by atoms with E-state index in [0.29, 0.717) is 6.04 Å². The van der Waals surface area contributed by atoms with Crippen molar-refractivity contribution in [3.05, 3.63) is 46.4 Å². The van der Waals surface area contributed by atoms with Gasteiger partial charge in [0.1, 0.15) is 0 Å². The fourth-order valence-electron chi connectivity index (χ4n) is 3.86. The van der Waals surface area contributed by atoms with E-state index >= 15 is 0 Å². The van der Waals surface area contributed by atoms with E-state index in [9.17, 15) is 0 Å². The summed E-state index contributed by atoms with van der Waals surface area (Å²) in [6, 6.07) is 7.04. The first kappa shape index (κ1) is 16.5. The lowest BCUT2D eigenvalue weighted by Crippen LogP contribution is -2.36. The standard InChI is InChI=1S/C19H27N3S/c1-4-19(5-2)14-22(17-7-6-10-21-18(17)19)16(8-11-20-3)15-9-12-23-13-15/h6-7,9-10,12-13,16,20H,4-5,8,11,14H2,1-3H3. The summed E-state index contributed by atoms with van der Waals surface area (Å²) in [5.74, 6) is 0. The van der Waals surface area contributed by atoms with E-state index in [0.717, 1.165) is 32.4 Å². The molecule has 3 rings (SSSR count). The molecule has 1 unspecified atom stereocenters. The SMILES string of the molecule is CCC1(CC)CN(C(CCNC)c2ccsc2)c2cccnc21. The van der Waals surface area contributed by atoms with Gasteiger partial charge < -0.3 is 10.2 Å². The topological polar surface area (TPSA) is 28.2 Å². The Morgan fingerprint density at radius 1 is 1.35 bits per heavy atom. The number of hydrogen-bond donors (Lipinski definition) is 1. The highest BCUT2D eigenvalue weighted by atomic mass is 32.1. The molecule has 124 valence electrons. The average Bonchev–Trinajstić information content (AvgIpc) is 3.23. The van der Waals surface area contributed by atoms with Crippen LogP contribution >= 0.6 is 11.3 Å². The number of anilines is 1. The van der Waals surface area contributed by atoms with Crippen LogP contribution in [0.4, 0.5) is 5.69 Å². The van der Waals surface area contributed by atoms with Gasteiger partial charge in [-0.2, -0.15) is 11.3 Å². The molecule has 1 N–H and O–H groups in total. The first-order valence-electron chi connectivity index (χ1n) is 8.64. The monoisotopic (exact) mass is 329 g/mol. The van der Waals surface area contributed by atoms with Gasteiger partial charge in [0.25, 0.3) is 0 Å². The Morgan fingerprint density at radius 2 is 2.17 bits per heavy atom. The van der Waals surface area contributed by atoms with Gasteiger partial charge in [-0.15, -0.1) is 0 Å². The quantitative estimate of drug-likeness (QED) is 0.817. The predicted molar refractivity (Wildman–Crippen MR) is 99.4 cm³/mol. The summed E-state index contributed by atoms with van der Waals surface area (Å²) in [7, 11) is 2.03. The van der Waals surface area contributed by atoms with Crippen LogP contribution in [-0.2, 0) is 5.41 Å². The zero-order valence-corrected chi connectivity index (χ0v) is 15.2. The average molecular weight is 330 g/mol. The van der Waals surface area contributed by atoms with Gasteiger partial charge in [0.2, 0.25) is 0 Å². The molecule has 0 spiro atoms. The normalized spacial score (nSPS) is 17.3. The van der Waals surface area contributed by atoms with E-state index in [1.54, 1.807) is 11.3 Å². The van der Waals surface area contributed by atoms with Crippen molar-refractivity contribution in [3.63, 3.8) is 0 Å². The molecule has 3 nitrogen and oxygen atoms in total. The van der Waals surface area contributed by atoms with Gasteiger partial charge in [-0.25, -0.2) is 0 Å². The molecule has 4 heteroatoms. The van der Waals surface area contributed by atoms with E-state index in [2.05, 4.69) is 53.0 Å². The van der Waals surface area contributed by atoms with Crippen LogP contribution < -0.4 is 10.2 Å². The zero-order chi connectivity index (χ0) is 16.3.